The summed E-state index contributed by atoms with van der Waals surface area (Å²) in [7, 11) is 0.124. The first kappa shape index (κ1) is 9.21. The minimum atomic E-state index is 0.124. The predicted octanol–water partition coefficient (Wildman–Crippen LogP) is 3.22. The Hall–Kier alpha value is -0.350. The summed E-state index contributed by atoms with van der Waals surface area (Å²) in [6, 6.07) is 11.0. The van der Waals surface area contributed by atoms with Gasteiger partial charge in [0.1, 0.15) is 0 Å². The highest BCUT2D eigenvalue weighted by atomic mass is 31.1. The number of rotatable bonds is 1. The number of benzene rings is 1. The lowest BCUT2D eigenvalue weighted by Gasteiger charge is -2.51. The molecule has 1 aromatic rings. The zero-order valence-corrected chi connectivity index (χ0v) is 9.51. The second-order valence-corrected chi connectivity index (χ2v) is 7.39. The Morgan fingerprint density at radius 1 is 1.23 bits per heavy atom. The fraction of sp³-hybridized carbons (Fsp3) is 0.500. The van der Waals surface area contributed by atoms with Crippen LogP contribution in [0.1, 0.15) is 20.8 Å². The van der Waals surface area contributed by atoms with E-state index < -0.39 is 0 Å². The van der Waals surface area contributed by atoms with E-state index in [2.05, 4.69) is 51.1 Å². The molecule has 70 valence electrons. The summed E-state index contributed by atoms with van der Waals surface area (Å²) >= 11 is 0. The Labute approximate surface area is 82.1 Å². The van der Waals surface area contributed by atoms with E-state index in [0.29, 0.717) is 5.16 Å². The molecule has 2 unspecified atom stereocenters. The largest absolute Gasteiger partial charge is 0.0689 e. The lowest BCUT2D eigenvalue weighted by atomic mass is 9.97. The fourth-order valence-corrected chi connectivity index (χ4v) is 5.11. The summed E-state index contributed by atoms with van der Waals surface area (Å²) in [6.45, 7) is 7.21. The normalized spacial score (nSPS) is 31.0. The van der Waals surface area contributed by atoms with E-state index >= 15 is 0 Å². The maximum absolute atomic E-state index is 2.42. The van der Waals surface area contributed by atoms with E-state index in [0.717, 1.165) is 5.92 Å². The second-order valence-electron chi connectivity index (χ2n) is 4.50. The third-order valence-corrected chi connectivity index (χ3v) is 7.09. The van der Waals surface area contributed by atoms with Crippen molar-refractivity contribution in [3.05, 3.63) is 30.3 Å². The van der Waals surface area contributed by atoms with Gasteiger partial charge < -0.3 is 0 Å². The molecular formula is C12H17P. The zero-order valence-electron chi connectivity index (χ0n) is 8.62. The molecule has 0 saturated carbocycles. The van der Waals surface area contributed by atoms with Crippen LogP contribution in [0.5, 0.6) is 0 Å². The van der Waals surface area contributed by atoms with E-state index in [4.69, 9.17) is 0 Å². The first-order valence-electron chi connectivity index (χ1n) is 4.95. The zero-order chi connectivity index (χ0) is 9.47. The van der Waals surface area contributed by atoms with Gasteiger partial charge in [0.15, 0.2) is 0 Å². The Morgan fingerprint density at radius 3 is 2.31 bits per heavy atom. The van der Waals surface area contributed by atoms with Crippen molar-refractivity contribution in [2.24, 2.45) is 5.92 Å². The van der Waals surface area contributed by atoms with Crippen molar-refractivity contribution in [2.45, 2.75) is 25.9 Å². The Balaban J connectivity index is 2.22. The Kier molecular flexibility index (Phi) is 2.20. The number of hydrogen-bond donors (Lipinski definition) is 0. The molecule has 1 heterocycles. The third-order valence-electron chi connectivity index (χ3n) is 3.43. The molecule has 1 heteroatoms. The fourth-order valence-electron chi connectivity index (χ4n) is 1.93. The molecule has 2 atom stereocenters. The van der Waals surface area contributed by atoms with Crippen molar-refractivity contribution in [1.29, 1.82) is 0 Å². The lowest BCUT2D eigenvalue weighted by molar-refractivity contribution is 0.453. The monoisotopic (exact) mass is 192 g/mol. The number of hydrogen-bond acceptors (Lipinski definition) is 0. The SMILES string of the molecule is CC1CP(c2ccccc2)C1(C)C. The maximum Gasteiger partial charge on any atom is -0.00817 e. The highest BCUT2D eigenvalue weighted by molar-refractivity contribution is 7.68. The summed E-state index contributed by atoms with van der Waals surface area (Å²) in [5.74, 6) is 0.902. The summed E-state index contributed by atoms with van der Waals surface area (Å²) in [5.41, 5.74) is 0. The molecule has 1 aromatic carbocycles. The molecule has 13 heavy (non-hydrogen) atoms. The molecule has 0 N–H and O–H groups in total. The van der Waals surface area contributed by atoms with Crippen molar-refractivity contribution in [2.75, 3.05) is 6.16 Å². The molecule has 0 aromatic heterocycles. The lowest BCUT2D eigenvalue weighted by Crippen LogP contribution is -2.44. The van der Waals surface area contributed by atoms with Crippen LogP contribution in [0.4, 0.5) is 0 Å². The van der Waals surface area contributed by atoms with Crippen molar-refractivity contribution in [3.8, 4) is 0 Å². The van der Waals surface area contributed by atoms with Crippen LogP contribution < -0.4 is 5.30 Å². The summed E-state index contributed by atoms with van der Waals surface area (Å²) in [4.78, 5) is 0. The Bertz CT molecular complexity index is 289. The molecule has 1 aliphatic heterocycles. The van der Waals surface area contributed by atoms with E-state index in [1.54, 1.807) is 5.30 Å². The van der Waals surface area contributed by atoms with Gasteiger partial charge in [-0.15, -0.1) is 0 Å². The Morgan fingerprint density at radius 2 is 1.85 bits per heavy atom. The second kappa shape index (κ2) is 3.10. The molecule has 1 fully saturated rings. The van der Waals surface area contributed by atoms with Gasteiger partial charge in [0.25, 0.3) is 0 Å². The smallest absolute Gasteiger partial charge is 0.00817 e. The van der Waals surface area contributed by atoms with Crippen molar-refractivity contribution >= 4 is 13.2 Å². The summed E-state index contributed by atoms with van der Waals surface area (Å²) < 4.78 is 0. The molecular weight excluding hydrogens is 175 g/mol. The summed E-state index contributed by atoms with van der Waals surface area (Å²) in [5, 5.41) is 2.15. The van der Waals surface area contributed by atoms with Crippen LogP contribution in [0.25, 0.3) is 0 Å². The maximum atomic E-state index is 2.42. The van der Waals surface area contributed by atoms with Crippen LogP contribution in [-0.4, -0.2) is 11.3 Å². The molecule has 1 saturated heterocycles. The van der Waals surface area contributed by atoms with Crippen molar-refractivity contribution in [1.82, 2.24) is 0 Å². The van der Waals surface area contributed by atoms with Crippen LogP contribution in [0, 0.1) is 5.92 Å². The van der Waals surface area contributed by atoms with E-state index in [1.807, 2.05) is 0 Å². The first-order valence-corrected chi connectivity index (χ1v) is 6.48. The molecule has 0 nitrogen and oxygen atoms in total. The van der Waals surface area contributed by atoms with Crippen LogP contribution in [0.15, 0.2) is 30.3 Å². The van der Waals surface area contributed by atoms with Crippen LogP contribution in [-0.2, 0) is 0 Å². The topological polar surface area (TPSA) is 0 Å². The average Bonchev–Trinajstić information content (AvgIpc) is 2.15. The minimum absolute atomic E-state index is 0.124. The van der Waals surface area contributed by atoms with Gasteiger partial charge in [-0.25, -0.2) is 0 Å². The van der Waals surface area contributed by atoms with Gasteiger partial charge in [0, 0.05) is 0 Å². The molecule has 0 aliphatic carbocycles. The van der Waals surface area contributed by atoms with Gasteiger partial charge >= 0.3 is 0 Å². The van der Waals surface area contributed by atoms with Crippen LogP contribution >= 0.6 is 7.92 Å². The van der Waals surface area contributed by atoms with E-state index in [9.17, 15) is 0 Å². The van der Waals surface area contributed by atoms with Gasteiger partial charge in [0.05, 0.1) is 0 Å². The predicted molar refractivity (Wildman–Crippen MR) is 61.1 cm³/mol. The molecule has 0 spiro atoms. The highest BCUT2D eigenvalue weighted by Crippen LogP contribution is 2.63. The quantitative estimate of drug-likeness (QED) is 0.599. The first-order chi connectivity index (χ1) is 6.12. The average molecular weight is 192 g/mol. The van der Waals surface area contributed by atoms with Gasteiger partial charge in [-0.1, -0.05) is 59.0 Å². The van der Waals surface area contributed by atoms with E-state index in [-0.39, 0.29) is 7.92 Å². The van der Waals surface area contributed by atoms with E-state index in [1.165, 1.54) is 6.16 Å². The van der Waals surface area contributed by atoms with Gasteiger partial charge in [-0.3, -0.25) is 0 Å². The van der Waals surface area contributed by atoms with Gasteiger partial charge in [-0.05, 0) is 22.5 Å². The van der Waals surface area contributed by atoms with Crippen molar-refractivity contribution < 1.29 is 0 Å². The van der Waals surface area contributed by atoms with Crippen LogP contribution in [0.2, 0.25) is 0 Å². The molecule has 2 rings (SSSR count). The van der Waals surface area contributed by atoms with Crippen molar-refractivity contribution in [3.63, 3.8) is 0 Å². The molecule has 1 aliphatic rings. The van der Waals surface area contributed by atoms with Gasteiger partial charge in [0.2, 0.25) is 0 Å². The van der Waals surface area contributed by atoms with Gasteiger partial charge in [-0.2, -0.15) is 0 Å². The standard InChI is InChI=1S/C12H17P/c1-10-9-13(12(10,2)3)11-7-5-4-6-8-11/h4-8,10H,9H2,1-3H3. The molecule has 0 radical (unpaired) electrons. The van der Waals surface area contributed by atoms with Crippen LogP contribution in [0.3, 0.4) is 0 Å². The minimum Gasteiger partial charge on any atom is -0.0689 e. The molecule has 0 bridgehead atoms. The molecule has 0 amide bonds. The summed E-state index contributed by atoms with van der Waals surface area (Å²) in [6.07, 6.45) is 1.42. The third kappa shape index (κ3) is 1.42. The highest BCUT2D eigenvalue weighted by Gasteiger charge is 2.45.